The molecule has 0 saturated heterocycles. The molecule has 0 saturated carbocycles. The molecule has 0 fully saturated rings. The van der Waals surface area contributed by atoms with Gasteiger partial charge in [-0.05, 0) is 75.7 Å². The van der Waals surface area contributed by atoms with Crippen molar-refractivity contribution in [1.29, 1.82) is 0 Å². The molecule has 0 bridgehead atoms. The lowest BCUT2D eigenvalue weighted by Gasteiger charge is -2.39. The van der Waals surface area contributed by atoms with Crippen molar-refractivity contribution in [2.24, 2.45) is 0 Å². The van der Waals surface area contributed by atoms with Gasteiger partial charge in [-0.15, -0.1) is 0 Å². The summed E-state index contributed by atoms with van der Waals surface area (Å²) in [7, 11) is 4.21. The Morgan fingerprint density at radius 2 is 1.85 bits per heavy atom. The maximum atomic E-state index is 5.82. The summed E-state index contributed by atoms with van der Waals surface area (Å²) >= 11 is 5.82. The molecule has 2 aromatic carbocycles. The van der Waals surface area contributed by atoms with Crippen molar-refractivity contribution < 1.29 is 0 Å². The van der Waals surface area contributed by atoms with Crippen molar-refractivity contribution in [3.63, 3.8) is 0 Å². The van der Waals surface area contributed by atoms with Gasteiger partial charge in [-0.25, -0.2) is 0 Å². The number of aryl methyl sites for hydroxylation is 1. The van der Waals surface area contributed by atoms with Gasteiger partial charge in [0.2, 0.25) is 0 Å². The molecule has 3 rings (SSSR count). The number of hydrogen-bond donors (Lipinski definition) is 1. The Balaban J connectivity index is 1.74. The average Bonchev–Trinajstić information content (AvgIpc) is 2.65. The SMILES string of the molecule is CN(C)CCCNC(=S)N1c2ccccc2CCC1Cc1ccccc1. The third kappa shape index (κ3) is 4.83. The second-order valence-corrected chi connectivity index (χ2v) is 7.66. The van der Waals surface area contributed by atoms with Crippen molar-refractivity contribution >= 4 is 23.0 Å². The first-order valence-electron chi connectivity index (χ1n) is 9.49. The van der Waals surface area contributed by atoms with Crippen LogP contribution in [-0.2, 0) is 12.8 Å². The number of para-hydroxylation sites is 1. The number of rotatable bonds is 6. The molecule has 2 aromatic rings. The van der Waals surface area contributed by atoms with E-state index in [2.05, 4.69) is 83.8 Å². The van der Waals surface area contributed by atoms with Crippen LogP contribution < -0.4 is 10.2 Å². The van der Waals surface area contributed by atoms with Gasteiger partial charge in [0.15, 0.2) is 5.11 Å². The van der Waals surface area contributed by atoms with Gasteiger partial charge in [0.25, 0.3) is 0 Å². The van der Waals surface area contributed by atoms with E-state index in [1.165, 1.54) is 16.8 Å². The van der Waals surface area contributed by atoms with Crippen LogP contribution in [0.1, 0.15) is 24.0 Å². The molecule has 1 aliphatic heterocycles. The zero-order valence-corrected chi connectivity index (χ0v) is 16.6. The molecule has 4 heteroatoms. The molecule has 3 nitrogen and oxygen atoms in total. The number of anilines is 1. The van der Waals surface area contributed by atoms with Gasteiger partial charge in [-0.2, -0.15) is 0 Å². The third-order valence-corrected chi connectivity index (χ3v) is 5.30. The van der Waals surface area contributed by atoms with E-state index < -0.39 is 0 Å². The Morgan fingerprint density at radius 1 is 1.12 bits per heavy atom. The largest absolute Gasteiger partial charge is 0.362 e. The molecule has 1 N–H and O–H groups in total. The number of nitrogens with zero attached hydrogens (tertiary/aromatic N) is 2. The maximum absolute atomic E-state index is 5.82. The molecular weight excluding hydrogens is 338 g/mol. The number of benzene rings is 2. The van der Waals surface area contributed by atoms with Crippen LogP contribution in [0.2, 0.25) is 0 Å². The van der Waals surface area contributed by atoms with E-state index in [0.717, 1.165) is 43.9 Å². The highest BCUT2D eigenvalue weighted by Gasteiger charge is 2.28. The molecule has 0 radical (unpaired) electrons. The lowest BCUT2D eigenvalue weighted by molar-refractivity contribution is 0.400. The van der Waals surface area contributed by atoms with Crippen LogP contribution in [0.4, 0.5) is 5.69 Å². The fourth-order valence-corrected chi connectivity index (χ4v) is 3.99. The quantitative estimate of drug-likeness (QED) is 0.617. The normalized spacial score (nSPS) is 16.4. The summed E-state index contributed by atoms with van der Waals surface area (Å²) in [6, 6.07) is 19.8. The van der Waals surface area contributed by atoms with Crippen LogP contribution >= 0.6 is 12.2 Å². The van der Waals surface area contributed by atoms with Crippen molar-refractivity contribution in [3.05, 3.63) is 65.7 Å². The first kappa shape index (κ1) is 18.9. The Hall–Kier alpha value is -1.91. The van der Waals surface area contributed by atoms with Crippen LogP contribution in [0.25, 0.3) is 0 Å². The van der Waals surface area contributed by atoms with E-state index in [1.54, 1.807) is 0 Å². The van der Waals surface area contributed by atoms with E-state index in [9.17, 15) is 0 Å². The highest BCUT2D eigenvalue weighted by Crippen LogP contribution is 2.32. The highest BCUT2D eigenvalue weighted by atomic mass is 32.1. The Labute approximate surface area is 163 Å². The Morgan fingerprint density at radius 3 is 2.62 bits per heavy atom. The molecule has 1 heterocycles. The minimum Gasteiger partial charge on any atom is -0.362 e. The first-order chi connectivity index (χ1) is 12.6. The molecule has 138 valence electrons. The molecule has 0 amide bonds. The van der Waals surface area contributed by atoms with Gasteiger partial charge in [-0.1, -0.05) is 48.5 Å². The van der Waals surface area contributed by atoms with Gasteiger partial charge in [0, 0.05) is 18.3 Å². The fraction of sp³-hybridized carbons (Fsp3) is 0.409. The lowest BCUT2D eigenvalue weighted by atomic mass is 9.92. The van der Waals surface area contributed by atoms with E-state index in [0.29, 0.717) is 6.04 Å². The average molecular weight is 368 g/mol. The van der Waals surface area contributed by atoms with Gasteiger partial charge < -0.3 is 15.1 Å². The summed E-state index contributed by atoms with van der Waals surface area (Å²) in [4.78, 5) is 4.57. The predicted molar refractivity (Wildman–Crippen MR) is 115 cm³/mol. The van der Waals surface area contributed by atoms with Gasteiger partial charge in [0.05, 0.1) is 0 Å². The van der Waals surface area contributed by atoms with Crippen LogP contribution in [0, 0.1) is 0 Å². The van der Waals surface area contributed by atoms with Gasteiger partial charge in [-0.3, -0.25) is 0 Å². The van der Waals surface area contributed by atoms with Crippen molar-refractivity contribution in [2.75, 3.05) is 32.1 Å². The Kier molecular flexibility index (Phi) is 6.64. The van der Waals surface area contributed by atoms with E-state index in [1.807, 2.05) is 0 Å². The molecule has 0 spiro atoms. The molecule has 1 atom stereocenters. The zero-order valence-electron chi connectivity index (χ0n) is 15.8. The predicted octanol–water partition coefficient (Wildman–Crippen LogP) is 3.88. The summed E-state index contributed by atoms with van der Waals surface area (Å²) in [6.07, 6.45) is 4.36. The summed E-state index contributed by atoms with van der Waals surface area (Å²) in [6.45, 7) is 1.98. The fourth-order valence-electron chi connectivity index (χ4n) is 3.64. The molecular formula is C22H29N3S. The maximum Gasteiger partial charge on any atom is 0.173 e. The monoisotopic (exact) mass is 367 g/mol. The molecule has 1 aliphatic rings. The standard InChI is InChI=1S/C22H29N3S/c1-24(2)16-8-15-23-22(26)25-20(17-18-9-4-3-5-10-18)14-13-19-11-6-7-12-21(19)25/h3-7,9-12,20H,8,13-17H2,1-2H3,(H,23,26). The van der Waals surface area contributed by atoms with Crippen molar-refractivity contribution in [2.45, 2.75) is 31.7 Å². The van der Waals surface area contributed by atoms with Gasteiger partial charge in [0.1, 0.15) is 0 Å². The summed E-state index contributed by atoms with van der Waals surface area (Å²) in [5.74, 6) is 0. The second-order valence-electron chi connectivity index (χ2n) is 7.27. The van der Waals surface area contributed by atoms with Crippen molar-refractivity contribution in [1.82, 2.24) is 10.2 Å². The smallest absolute Gasteiger partial charge is 0.173 e. The van der Waals surface area contributed by atoms with Crippen LogP contribution in [0.3, 0.4) is 0 Å². The van der Waals surface area contributed by atoms with Gasteiger partial charge >= 0.3 is 0 Å². The van der Waals surface area contributed by atoms with E-state index in [4.69, 9.17) is 12.2 Å². The lowest BCUT2D eigenvalue weighted by Crippen LogP contribution is -2.50. The summed E-state index contributed by atoms with van der Waals surface area (Å²) in [5, 5.41) is 4.35. The van der Waals surface area contributed by atoms with Crippen LogP contribution in [0.5, 0.6) is 0 Å². The second kappa shape index (κ2) is 9.15. The minimum atomic E-state index is 0.404. The van der Waals surface area contributed by atoms with E-state index in [-0.39, 0.29) is 0 Å². The van der Waals surface area contributed by atoms with Crippen LogP contribution in [-0.4, -0.2) is 43.2 Å². The van der Waals surface area contributed by atoms with Crippen molar-refractivity contribution in [3.8, 4) is 0 Å². The summed E-state index contributed by atoms with van der Waals surface area (Å²) in [5.41, 5.74) is 4.04. The number of nitrogens with one attached hydrogen (secondary N) is 1. The minimum absolute atomic E-state index is 0.404. The third-order valence-electron chi connectivity index (χ3n) is 4.95. The number of thiocarbonyl (C=S) groups is 1. The highest BCUT2D eigenvalue weighted by molar-refractivity contribution is 7.80. The molecule has 26 heavy (non-hydrogen) atoms. The van der Waals surface area contributed by atoms with Crippen LogP contribution in [0.15, 0.2) is 54.6 Å². The van der Waals surface area contributed by atoms with E-state index >= 15 is 0 Å². The topological polar surface area (TPSA) is 18.5 Å². The molecule has 0 aliphatic carbocycles. The molecule has 1 unspecified atom stereocenters. The first-order valence-corrected chi connectivity index (χ1v) is 9.89. The Bertz CT molecular complexity index is 714. The number of fused-ring (bicyclic) bond motifs is 1. The number of hydrogen-bond acceptors (Lipinski definition) is 2. The molecule has 0 aromatic heterocycles. The zero-order chi connectivity index (χ0) is 18.4. The summed E-state index contributed by atoms with van der Waals surface area (Å²) < 4.78 is 0.